The molecule has 0 saturated heterocycles. The molecule has 1 atom stereocenters. The summed E-state index contributed by atoms with van der Waals surface area (Å²) < 4.78 is 5.49. The Labute approximate surface area is 106 Å². The maximum absolute atomic E-state index is 5.49. The molecular weight excluding hydrogens is 232 g/mol. The molecule has 0 aliphatic rings. The zero-order valence-electron chi connectivity index (χ0n) is 10.5. The third-order valence-corrected chi connectivity index (χ3v) is 3.89. The first-order valence-corrected chi connectivity index (χ1v) is 6.74. The number of aromatic nitrogens is 1. The zero-order chi connectivity index (χ0) is 12.3. The second-order valence-electron chi connectivity index (χ2n) is 4.13. The zero-order valence-corrected chi connectivity index (χ0v) is 11.3. The minimum atomic E-state index is 0.149. The van der Waals surface area contributed by atoms with Gasteiger partial charge in [0.1, 0.15) is 5.76 Å². The number of thiophene rings is 1. The fourth-order valence-electron chi connectivity index (χ4n) is 1.62. The summed E-state index contributed by atoms with van der Waals surface area (Å²) in [5.41, 5.74) is 0. The van der Waals surface area contributed by atoms with E-state index in [9.17, 15) is 0 Å². The van der Waals surface area contributed by atoms with Crippen LogP contribution in [0.1, 0.15) is 41.3 Å². The molecule has 2 rings (SSSR count). The second-order valence-corrected chi connectivity index (χ2v) is 5.39. The molecule has 92 valence electrons. The predicted molar refractivity (Wildman–Crippen MR) is 70.2 cm³/mol. The molecule has 0 saturated carbocycles. The Morgan fingerprint density at radius 2 is 2.18 bits per heavy atom. The van der Waals surface area contributed by atoms with Crippen molar-refractivity contribution in [3.63, 3.8) is 0 Å². The first kappa shape index (κ1) is 12.3. The number of oxazole rings is 1. The van der Waals surface area contributed by atoms with Crippen molar-refractivity contribution in [3.8, 4) is 0 Å². The quantitative estimate of drug-likeness (QED) is 0.883. The average Bonchev–Trinajstić information content (AvgIpc) is 2.94. The van der Waals surface area contributed by atoms with Gasteiger partial charge in [-0.3, -0.25) is 0 Å². The summed E-state index contributed by atoms with van der Waals surface area (Å²) in [6.07, 6.45) is 2.87. The highest BCUT2D eigenvalue weighted by atomic mass is 32.1. The van der Waals surface area contributed by atoms with E-state index < -0.39 is 0 Å². The third-order valence-electron chi connectivity index (χ3n) is 2.66. The monoisotopic (exact) mass is 250 g/mol. The second kappa shape index (κ2) is 5.47. The highest BCUT2D eigenvalue weighted by molar-refractivity contribution is 7.11. The largest absolute Gasteiger partial charge is 0.444 e. The van der Waals surface area contributed by atoms with Gasteiger partial charge in [-0.15, -0.1) is 11.3 Å². The summed E-state index contributed by atoms with van der Waals surface area (Å²) in [5.74, 6) is 1.62. The summed E-state index contributed by atoms with van der Waals surface area (Å²) in [6.45, 7) is 7.03. The lowest BCUT2D eigenvalue weighted by atomic mass is 10.3. The molecule has 0 aromatic carbocycles. The van der Waals surface area contributed by atoms with E-state index in [0.717, 1.165) is 24.6 Å². The minimum absolute atomic E-state index is 0.149. The van der Waals surface area contributed by atoms with Crippen LogP contribution in [0.3, 0.4) is 0 Å². The normalized spacial score (nSPS) is 12.9. The van der Waals surface area contributed by atoms with Gasteiger partial charge < -0.3 is 9.73 Å². The lowest BCUT2D eigenvalue weighted by molar-refractivity contribution is 0.403. The van der Waals surface area contributed by atoms with E-state index in [-0.39, 0.29) is 6.04 Å². The fourth-order valence-corrected chi connectivity index (χ4v) is 2.53. The maximum atomic E-state index is 5.49. The topological polar surface area (TPSA) is 38.1 Å². The van der Waals surface area contributed by atoms with Gasteiger partial charge in [0.2, 0.25) is 5.89 Å². The van der Waals surface area contributed by atoms with Gasteiger partial charge in [0.05, 0.1) is 12.2 Å². The van der Waals surface area contributed by atoms with Crippen LogP contribution in [0.5, 0.6) is 0 Å². The van der Waals surface area contributed by atoms with Crippen LogP contribution in [0.4, 0.5) is 0 Å². The third kappa shape index (κ3) is 3.17. The molecule has 0 aliphatic heterocycles. The van der Waals surface area contributed by atoms with Gasteiger partial charge in [-0.05, 0) is 32.4 Å². The van der Waals surface area contributed by atoms with E-state index in [0.29, 0.717) is 0 Å². The lowest BCUT2D eigenvalue weighted by Crippen LogP contribution is -2.17. The summed E-state index contributed by atoms with van der Waals surface area (Å²) in [6, 6.07) is 4.53. The van der Waals surface area contributed by atoms with Gasteiger partial charge in [0, 0.05) is 16.3 Å². The number of nitrogens with one attached hydrogen (secondary N) is 1. The summed E-state index contributed by atoms with van der Waals surface area (Å²) in [4.78, 5) is 7.01. The van der Waals surface area contributed by atoms with E-state index in [4.69, 9.17) is 4.42 Å². The molecule has 2 aromatic heterocycles. The maximum Gasteiger partial charge on any atom is 0.211 e. The van der Waals surface area contributed by atoms with Crippen molar-refractivity contribution in [1.29, 1.82) is 0 Å². The minimum Gasteiger partial charge on any atom is -0.444 e. The Morgan fingerprint density at radius 3 is 2.76 bits per heavy atom. The number of hydrogen-bond donors (Lipinski definition) is 1. The molecule has 4 heteroatoms. The molecule has 17 heavy (non-hydrogen) atoms. The first-order valence-electron chi connectivity index (χ1n) is 5.92. The smallest absolute Gasteiger partial charge is 0.211 e. The van der Waals surface area contributed by atoms with Crippen molar-refractivity contribution in [1.82, 2.24) is 10.3 Å². The predicted octanol–water partition coefficient (Wildman–Crippen LogP) is 3.46. The molecule has 0 aliphatic carbocycles. The molecule has 0 spiro atoms. The highest BCUT2D eigenvalue weighted by Gasteiger charge is 2.10. The Kier molecular flexibility index (Phi) is 3.97. The van der Waals surface area contributed by atoms with Crippen LogP contribution >= 0.6 is 11.3 Å². The van der Waals surface area contributed by atoms with Crippen LogP contribution < -0.4 is 5.32 Å². The summed E-state index contributed by atoms with van der Waals surface area (Å²) in [5, 5.41) is 3.42. The van der Waals surface area contributed by atoms with Crippen molar-refractivity contribution in [2.24, 2.45) is 0 Å². The standard InChI is InChI=1S/C13H18N2OS/c1-4-11-5-6-12(17-11)8-14-10(3)13-15-7-9(2)16-13/h5-7,10,14H,4,8H2,1-3H3. The first-order chi connectivity index (χ1) is 8.19. The van der Waals surface area contributed by atoms with Crippen molar-refractivity contribution < 1.29 is 4.42 Å². The molecule has 2 aromatic rings. The number of hydrogen-bond acceptors (Lipinski definition) is 4. The number of nitrogens with zero attached hydrogens (tertiary/aromatic N) is 1. The van der Waals surface area contributed by atoms with Gasteiger partial charge >= 0.3 is 0 Å². The van der Waals surface area contributed by atoms with Gasteiger partial charge in [-0.25, -0.2) is 4.98 Å². The molecule has 0 radical (unpaired) electrons. The van der Waals surface area contributed by atoms with Crippen LogP contribution in [-0.4, -0.2) is 4.98 Å². The summed E-state index contributed by atoms with van der Waals surface area (Å²) in [7, 11) is 0. The van der Waals surface area contributed by atoms with E-state index in [1.807, 2.05) is 18.3 Å². The van der Waals surface area contributed by atoms with Crippen LogP contribution in [0, 0.1) is 6.92 Å². The Hall–Kier alpha value is -1.13. The Balaban J connectivity index is 1.89. The summed E-state index contributed by atoms with van der Waals surface area (Å²) >= 11 is 1.86. The highest BCUT2D eigenvalue weighted by Crippen LogP contribution is 2.18. The molecule has 0 amide bonds. The SMILES string of the molecule is CCc1ccc(CNC(C)c2ncc(C)o2)s1. The molecule has 1 N–H and O–H groups in total. The van der Waals surface area contributed by atoms with Crippen molar-refractivity contribution >= 4 is 11.3 Å². The lowest BCUT2D eigenvalue weighted by Gasteiger charge is -2.08. The van der Waals surface area contributed by atoms with Gasteiger partial charge in [-0.1, -0.05) is 6.92 Å². The number of rotatable bonds is 5. The van der Waals surface area contributed by atoms with Gasteiger partial charge in [0.15, 0.2) is 0 Å². The Morgan fingerprint density at radius 1 is 1.41 bits per heavy atom. The molecule has 0 fully saturated rings. The molecule has 1 unspecified atom stereocenters. The van der Waals surface area contributed by atoms with E-state index in [2.05, 4.69) is 36.3 Å². The fraction of sp³-hybridized carbons (Fsp3) is 0.462. The number of aryl methyl sites for hydroxylation is 2. The Bertz CT molecular complexity index is 475. The van der Waals surface area contributed by atoms with E-state index in [1.54, 1.807) is 6.20 Å². The molecule has 3 nitrogen and oxygen atoms in total. The van der Waals surface area contributed by atoms with Crippen molar-refractivity contribution in [3.05, 3.63) is 39.7 Å². The van der Waals surface area contributed by atoms with E-state index in [1.165, 1.54) is 9.75 Å². The average molecular weight is 250 g/mol. The molecule has 0 bridgehead atoms. The molecular formula is C13H18N2OS. The van der Waals surface area contributed by atoms with Crippen LogP contribution in [-0.2, 0) is 13.0 Å². The van der Waals surface area contributed by atoms with E-state index >= 15 is 0 Å². The van der Waals surface area contributed by atoms with Crippen molar-refractivity contribution in [2.45, 2.75) is 39.8 Å². The van der Waals surface area contributed by atoms with Crippen LogP contribution in [0.15, 0.2) is 22.7 Å². The molecule has 2 heterocycles. The van der Waals surface area contributed by atoms with Crippen molar-refractivity contribution in [2.75, 3.05) is 0 Å². The van der Waals surface area contributed by atoms with Crippen LogP contribution in [0.25, 0.3) is 0 Å². The van der Waals surface area contributed by atoms with Gasteiger partial charge in [0.25, 0.3) is 0 Å². The van der Waals surface area contributed by atoms with Crippen LogP contribution in [0.2, 0.25) is 0 Å². The van der Waals surface area contributed by atoms with Gasteiger partial charge in [-0.2, -0.15) is 0 Å².